The number of nitriles is 5. The molecule has 0 aromatic carbocycles. The smallest absolute Gasteiger partial charge is 0.266 e. The van der Waals surface area contributed by atoms with Gasteiger partial charge in [-0.05, 0) is 43.3 Å². The van der Waals surface area contributed by atoms with Crippen LogP contribution in [0.2, 0.25) is 0 Å². The molecule has 0 heterocycles. The van der Waals surface area contributed by atoms with Gasteiger partial charge >= 0.3 is 0 Å². The standard InChI is InChI=1S/C41H55N7O8/c1-47-41(31-46)37-25-35(56-22-20-54-18-16-52-14-12-50-3)26-40(39(37)30-45)48-10-8-6-4-5-7-9-32-23-34(24-36(38(32)29-44)33(27-42)28-43)55-21-19-53-17-15-51-13-11-49-2/h34-35,48H,4-26H2,2-3H3/b41-37+. The molecular formula is C41H55N7O8. The number of nitrogens with one attached hydrogen (secondary N) is 1. The Kier molecular flexibility index (Phi) is 26.0. The second-order valence-corrected chi connectivity index (χ2v) is 12.9. The summed E-state index contributed by atoms with van der Waals surface area (Å²) >= 11 is 0. The summed E-state index contributed by atoms with van der Waals surface area (Å²) in [5.41, 5.74) is 3.03. The van der Waals surface area contributed by atoms with E-state index in [9.17, 15) is 26.3 Å². The molecule has 0 saturated heterocycles. The number of hydrogen-bond acceptors (Lipinski definition) is 14. The van der Waals surface area contributed by atoms with Gasteiger partial charge in [-0.15, -0.1) is 0 Å². The second kappa shape index (κ2) is 30.6. The average molecular weight is 774 g/mol. The van der Waals surface area contributed by atoms with Gasteiger partial charge in [-0.1, -0.05) is 19.3 Å². The number of unbranched alkanes of at least 4 members (excludes halogenated alkanes) is 4. The molecule has 302 valence electrons. The first-order chi connectivity index (χ1) is 27.5. The van der Waals surface area contributed by atoms with Gasteiger partial charge in [0, 0.05) is 44.9 Å². The van der Waals surface area contributed by atoms with Crippen LogP contribution in [0, 0.1) is 63.2 Å². The van der Waals surface area contributed by atoms with E-state index in [1.165, 1.54) is 0 Å². The fourth-order valence-corrected chi connectivity index (χ4v) is 6.28. The van der Waals surface area contributed by atoms with Gasteiger partial charge in [0.1, 0.15) is 17.7 Å². The van der Waals surface area contributed by atoms with Crippen molar-refractivity contribution in [3.8, 4) is 30.3 Å². The second-order valence-electron chi connectivity index (χ2n) is 12.9. The Morgan fingerprint density at radius 3 is 1.62 bits per heavy atom. The third kappa shape index (κ3) is 17.9. The summed E-state index contributed by atoms with van der Waals surface area (Å²) in [6.45, 7) is 13.3. The number of rotatable bonds is 29. The highest BCUT2D eigenvalue weighted by atomic mass is 16.6. The van der Waals surface area contributed by atoms with Crippen LogP contribution < -0.4 is 5.32 Å². The minimum Gasteiger partial charge on any atom is -0.387 e. The van der Waals surface area contributed by atoms with Crippen LogP contribution in [-0.2, 0) is 37.9 Å². The van der Waals surface area contributed by atoms with Crippen molar-refractivity contribution >= 4 is 0 Å². The van der Waals surface area contributed by atoms with E-state index in [-0.39, 0.29) is 23.5 Å². The van der Waals surface area contributed by atoms with E-state index in [0.29, 0.717) is 146 Å². The molecule has 2 unspecified atom stereocenters. The van der Waals surface area contributed by atoms with Gasteiger partial charge in [0.15, 0.2) is 0 Å². The summed E-state index contributed by atoms with van der Waals surface area (Å²) in [7, 11) is 3.23. The maximum Gasteiger partial charge on any atom is 0.266 e. The van der Waals surface area contributed by atoms with Gasteiger partial charge in [0.25, 0.3) is 5.70 Å². The van der Waals surface area contributed by atoms with Crippen molar-refractivity contribution in [3.63, 3.8) is 0 Å². The fourth-order valence-electron chi connectivity index (χ4n) is 6.28. The molecule has 2 rings (SSSR count). The topological polar surface area (TPSA) is 209 Å². The van der Waals surface area contributed by atoms with Crippen molar-refractivity contribution in [2.45, 2.75) is 76.4 Å². The van der Waals surface area contributed by atoms with E-state index in [1.807, 2.05) is 18.2 Å². The van der Waals surface area contributed by atoms with Gasteiger partial charge in [-0.3, -0.25) is 0 Å². The summed E-state index contributed by atoms with van der Waals surface area (Å²) in [5.74, 6) is 0. The van der Waals surface area contributed by atoms with Crippen molar-refractivity contribution in [2.75, 3.05) is 100 Å². The maximum atomic E-state index is 10.0. The van der Waals surface area contributed by atoms with Gasteiger partial charge in [0.2, 0.25) is 0 Å². The Morgan fingerprint density at radius 1 is 0.607 bits per heavy atom. The molecule has 0 aromatic rings. The van der Waals surface area contributed by atoms with Crippen LogP contribution in [0.4, 0.5) is 0 Å². The number of ether oxygens (including phenoxy) is 8. The maximum absolute atomic E-state index is 10.0. The number of allylic oxidation sites excluding steroid dienone is 4. The Morgan fingerprint density at radius 2 is 1.11 bits per heavy atom. The highest BCUT2D eigenvalue weighted by molar-refractivity contribution is 5.57. The average Bonchev–Trinajstić information content (AvgIpc) is 3.21. The van der Waals surface area contributed by atoms with E-state index in [2.05, 4.69) is 22.3 Å². The van der Waals surface area contributed by atoms with Crippen molar-refractivity contribution in [1.29, 1.82) is 26.3 Å². The van der Waals surface area contributed by atoms with Crippen LogP contribution >= 0.6 is 0 Å². The van der Waals surface area contributed by atoms with Crippen molar-refractivity contribution < 1.29 is 37.9 Å². The zero-order chi connectivity index (χ0) is 40.6. The fraction of sp³-hybridized carbons (Fsp3) is 0.659. The first-order valence-electron chi connectivity index (χ1n) is 19.1. The Hall–Kier alpha value is -4.62. The number of nitrogens with zero attached hydrogens (tertiary/aromatic N) is 6. The number of hydrogen-bond donors (Lipinski definition) is 1. The molecule has 0 spiro atoms. The van der Waals surface area contributed by atoms with Gasteiger partial charge in [0.05, 0.1) is 127 Å². The molecule has 0 fully saturated rings. The van der Waals surface area contributed by atoms with Crippen molar-refractivity contribution in [3.05, 3.63) is 56.2 Å². The first-order valence-corrected chi connectivity index (χ1v) is 19.1. The predicted octanol–water partition coefficient (Wildman–Crippen LogP) is 5.27. The third-order valence-corrected chi connectivity index (χ3v) is 9.04. The van der Waals surface area contributed by atoms with Crippen LogP contribution in [0.1, 0.15) is 64.2 Å². The molecule has 56 heavy (non-hydrogen) atoms. The van der Waals surface area contributed by atoms with Crippen LogP contribution in [0.25, 0.3) is 4.85 Å². The normalized spacial score (nSPS) is 17.6. The molecule has 2 atom stereocenters. The molecular weight excluding hydrogens is 718 g/mol. The molecule has 0 bridgehead atoms. The lowest BCUT2D eigenvalue weighted by Gasteiger charge is -2.28. The van der Waals surface area contributed by atoms with E-state index in [1.54, 1.807) is 14.2 Å². The summed E-state index contributed by atoms with van der Waals surface area (Å²) in [6.07, 6.45) is 6.17. The lowest BCUT2D eigenvalue weighted by atomic mass is 9.82. The summed E-state index contributed by atoms with van der Waals surface area (Å²) in [4.78, 5) is 3.37. The van der Waals surface area contributed by atoms with E-state index < -0.39 is 0 Å². The van der Waals surface area contributed by atoms with E-state index >= 15 is 0 Å². The third-order valence-electron chi connectivity index (χ3n) is 9.04. The molecule has 0 aromatic heterocycles. The van der Waals surface area contributed by atoms with Crippen LogP contribution in [0.5, 0.6) is 0 Å². The minimum absolute atomic E-state index is 0.0556. The molecule has 0 saturated carbocycles. The SMILES string of the molecule is [C-]#[N+]/C(C#N)=C1\CC(OCCOCCOCCOC)CC(NCCCCCCCC2=C(C#N)C(=C(C#N)C#N)CC(OCCOCCOCCOC)C2)=C1C#N. The molecule has 0 radical (unpaired) electrons. The lowest BCUT2D eigenvalue weighted by molar-refractivity contribution is -0.0168. The molecule has 0 amide bonds. The Labute approximate surface area is 332 Å². The minimum atomic E-state index is -0.314. The van der Waals surface area contributed by atoms with Crippen molar-refractivity contribution in [1.82, 2.24) is 5.32 Å². The van der Waals surface area contributed by atoms with Gasteiger partial charge in [-0.25, -0.2) is 10.1 Å². The Balaban J connectivity index is 1.86. The molecule has 15 heteroatoms. The summed E-state index contributed by atoms with van der Waals surface area (Å²) in [5, 5.41) is 52.2. The monoisotopic (exact) mass is 773 g/mol. The number of methoxy groups -OCH3 is 2. The van der Waals surface area contributed by atoms with E-state index in [0.717, 1.165) is 37.7 Å². The van der Waals surface area contributed by atoms with Gasteiger partial charge < -0.3 is 43.2 Å². The van der Waals surface area contributed by atoms with Crippen LogP contribution in [-0.4, -0.2) is 112 Å². The Bertz CT molecular complexity index is 1450. The largest absolute Gasteiger partial charge is 0.387 e. The predicted molar refractivity (Wildman–Crippen MR) is 203 cm³/mol. The van der Waals surface area contributed by atoms with Crippen LogP contribution in [0.3, 0.4) is 0 Å². The summed E-state index contributed by atoms with van der Waals surface area (Å²) < 4.78 is 44.0. The zero-order valence-electron chi connectivity index (χ0n) is 32.9. The first kappa shape index (κ1) is 47.5. The molecule has 2 aliphatic rings. The molecule has 1 N–H and O–H groups in total. The highest BCUT2D eigenvalue weighted by Gasteiger charge is 2.29. The quantitative estimate of drug-likeness (QED) is 0.0583. The highest BCUT2D eigenvalue weighted by Crippen LogP contribution is 2.36. The zero-order valence-corrected chi connectivity index (χ0v) is 32.9. The molecule has 2 aliphatic carbocycles. The van der Waals surface area contributed by atoms with Crippen LogP contribution in [0.15, 0.2) is 44.8 Å². The molecule has 15 nitrogen and oxygen atoms in total. The summed E-state index contributed by atoms with van der Waals surface area (Å²) in [6, 6.07) is 10.3. The van der Waals surface area contributed by atoms with E-state index in [4.69, 9.17) is 44.5 Å². The van der Waals surface area contributed by atoms with Gasteiger partial charge in [-0.2, -0.15) is 21.0 Å². The lowest BCUT2D eigenvalue weighted by Crippen LogP contribution is -2.29. The van der Waals surface area contributed by atoms with Crippen molar-refractivity contribution in [2.24, 2.45) is 0 Å². The molecule has 0 aliphatic heterocycles.